The van der Waals surface area contributed by atoms with Crippen molar-refractivity contribution in [3.63, 3.8) is 0 Å². The minimum Gasteiger partial charge on any atom is -0.497 e. The number of amides is 2. The van der Waals surface area contributed by atoms with Gasteiger partial charge in [-0.15, -0.1) is 0 Å². The number of carbonyl (C=O) groups excluding carboxylic acids is 2. The highest BCUT2D eigenvalue weighted by Crippen LogP contribution is 2.22. The van der Waals surface area contributed by atoms with Gasteiger partial charge in [0.1, 0.15) is 11.2 Å². The summed E-state index contributed by atoms with van der Waals surface area (Å²) in [6.07, 6.45) is 0. The van der Waals surface area contributed by atoms with Crippen LogP contribution in [0.4, 0.5) is 5.69 Å². The summed E-state index contributed by atoms with van der Waals surface area (Å²) >= 11 is 0. The van der Waals surface area contributed by atoms with E-state index in [2.05, 4.69) is 10.6 Å². The van der Waals surface area contributed by atoms with Crippen LogP contribution in [0.5, 0.6) is 5.75 Å². The average Bonchev–Trinajstić information content (AvgIpc) is 2.60. The van der Waals surface area contributed by atoms with E-state index in [1.54, 1.807) is 45.2 Å². The van der Waals surface area contributed by atoms with E-state index in [-0.39, 0.29) is 11.8 Å². The third-order valence-corrected chi connectivity index (χ3v) is 3.76. The van der Waals surface area contributed by atoms with Crippen molar-refractivity contribution in [2.75, 3.05) is 12.4 Å². The Balaban J connectivity index is 1.99. The SMILES string of the molecule is COc1cccc(NC(=O)C(C)(C)C(=O)NCc2ccccc2)c1. The van der Waals surface area contributed by atoms with Gasteiger partial charge in [0.15, 0.2) is 0 Å². The van der Waals surface area contributed by atoms with Gasteiger partial charge in [0.25, 0.3) is 0 Å². The third kappa shape index (κ3) is 4.35. The van der Waals surface area contributed by atoms with Crippen molar-refractivity contribution in [3.8, 4) is 5.75 Å². The molecule has 2 aromatic carbocycles. The van der Waals surface area contributed by atoms with Crippen molar-refractivity contribution in [1.29, 1.82) is 0 Å². The van der Waals surface area contributed by atoms with Gasteiger partial charge in [-0.2, -0.15) is 0 Å². The Hall–Kier alpha value is -2.82. The Kier molecular flexibility index (Phi) is 5.58. The third-order valence-electron chi connectivity index (χ3n) is 3.76. The van der Waals surface area contributed by atoms with Crippen molar-refractivity contribution in [3.05, 3.63) is 60.2 Å². The van der Waals surface area contributed by atoms with Crippen LogP contribution in [0.3, 0.4) is 0 Å². The lowest BCUT2D eigenvalue weighted by atomic mass is 9.90. The molecule has 5 heteroatoms. The lowest BCUT2D eigenvalue weighted by Gasteiger charge is -2.23. The van der Waals surface area contributed by atoms with Crippen LogP contribution in [0, 0.1) is 5.41 Å². The normalized spacial score (nSPS) is 10.8. The van der Waals surface area contributed by atoms with E-state index in [0.29, 0.717) is 18.0 Å². The van der Waals surface area contributed by atoms with Gasteiger partial charge >= 0.3 is 0 Å². The number of anilines is 1. The highest BCUT2D eigenvalue weighted by Gasteiger charge is 2.35. The summed E-state index contributed by atoms with van der Waals surface area (Å²) in [7, 11) is 1.56. The minimum atomic E-state index is -1.20. The first-order valence-electron chi connectivity index (χ1n) is 7.71. The van der Waals surface area contributed by atoms with Crippen LogP contribution >= 0.6 is 0 Å². The Morgan fingerprint density at radius 3 is 2.38 bits per heavy atom. The monoisotopic (exact) mass is 326 g/mol. The molecule has 0 bridgehead atoms. The zero-order valence-corrected chi connectivity index (χ0v) is 14.1. The fraction of sp³-hybridized carbons (Fsp3) is 0.263. The van der Waals surface area contributed by atoms with Gasteiger partial charge in [-0.05, 0) is 31.5 Å². The van der Waals surface area contributed by atoms with Crippen LogP contribution < -0.4 is 15.4 Å². The zero-order valence-electron chi connectivity index (χ0n) is 14.1. The van der Waals surface area contributed by atoms with Crippen molar-refractivity contribution >= 4 is 17.5 Å². The van der Waals surface area contributed by atoms with Crippen molar-refractivity contribution in [2.24, 2.45) is 5.41 Å². The molecule has 24 heavy (non-hydrogen) atoms. The van der Waals surface area contributed by atoms with Gasteiger partial charge in [0, 0.05) is 18.3 Å². The van der Waals surface area contributed by atoms with E-state index in [0.717, 1.165) is 5.56 Å². The standard InChI is InChI=1S/C19H22N2O3/c1-19(2,17(22)20-13-14-8-5-4-6-9-14)18(23)21-15-10-7-11-16(12-15)24-3/h4-12H,13H2,1-3H3,(H,20,22)(H,21,23). The predicted octanol–water partition coefficient (Wildman–Crippen LogP) is 2.98. The highest BCUT2D eigenvalue weighted by molar-refractivity contribution is 6.09. The molecule has 0 atom stereocenters. The van der Waals surface area contributed by atoms with Gasteiger partial charge in [-0.3, -0.25) is 9.59 Å². The van der Waals surface area contributed by atoms with Crippen molar-refractivity contribution < 1.29 is 14.3 Å². The lowest BCUT2D eigenvalue weighted by Crippen LogP contribution is -2.44. The second-order valence-corrected chi connectivity index (χ2v) is 5.98. The lowest BCUT2D eigenvalue weighted by molar-refractivity contribution is -0.138. The summed E-state index contributed by atoms with van der Waals surface area (Å²) in [4.78, 5) is 24.9. The summed E-state index contributed by atoms with van der Waals surface area (Å²) in [5, 5.41) is 5.56. The van der Waals surface area contributed by atoms with Crippen molar-refractivity contribution in [1.82, 2.24) is 5.32 Å². The number of rotatable bonds is 6. The van der Waals surface area contributed by atoms with Crippen LogP contribution in [0.1, 0.15) is 19.4 Å². The van der Waals surface area contributed by atoms with Gasteiger partial charge in [0.2, 0.25) is 11.8 Å². The predicted molar refractivity (Wildman–Crippen MR) is 93.7 cm³/mol. The molecule has 0 fully saturated rings. The first kappa shape index (κ1) is 17.5. The summed E-state index contributed by atoms with van der Waals surface area (Å²) in [5.74, 6) is -0.0628. The maximum absolute atomic E-state index is 12.5. The van der Waals surface area contributed by atoms with Crippen LogP contribution in [0.2, 0.25) is 0 Å². The molecule has 2 N–H and O–H groups in total. The number of carbonyl (C=O) groups is 2. The first-order chi connectivity index (χ1) is 11.4. The smallest absolute Gasteiger partial charge is 0.239 e. The molecule has 0 spiro atoms. The Bertz CT molecular complexity index is 712. The Morgan fingerprint density at radius 2 is 1.71 bits per heavy atom. The minimum absolute atomic E-state index is 0.327. The molecular weight excluding hydrogens is 304 g/mol. The number of hydrogen-bond acceptors (Lipinski definition) is 3. The Labute approximate surface area is 142 Å². The fourth-order valence-electron chi connectivity index (χ4n) is 2.09. The molecule has 0 radical (unpaired) electrons. The van der Waals surface area contributed by atoms with E-state index in [1.807, 2.05) is 30.3 Å². The van der Waals surface area contributed by atoms with Gasteiger partial charge in [-0.1, -0.05) is 36.4 Å². The maximum atomic E-state index is 12.5. The van der Waals surface area contributed by atoms with Gasteiger partial charge in [0.05, 0.1) is 7.11 Å². The van der Waals surface area contributed by atoms with Crippen LogP contribution in [0.15, 0.2) is 54.6 Å². The van der Waals surface area contributed by atoms with E-state index in [1.165, 1.54) is 0 Å². The summed E-state index contributed by atoms with van der Waals surface area (Å²) in [6.45, 7) is 3.58. The second-order valence-electron chi connectivity index (χ2n) is 5.98. The average molecular weight is 326 g/mol. The quantitative estimate of drug-likeness (QED) is 0.802. The first-order valence-corrected chi connectivity index (χ1v) is 7.71. The maximum Gasteiger partial charge on any atom is 0.239 e. The van der Waals surface area contributed by atoms with E-state index in [9.17, 15) is 9.59 Å². The molecule has 0 aromatic heterocycles. The molecule has 0 unspecified atom stereocenters. The zero-order chi connectivity index (χ0) is 17.6. The highest BCUT2D eigenvalue weighted by atomic mass is 16.5. The molecular formula is C19H22N2O3. The summed E-state index contributed by atoms with van der Waals surface area (Å²) in [6, 6.07) is 16.6. The molecule has 0 aliphatic carbocycles. The molecule has 2 aromatic rings. The van der Waals surface area contributed by atoms with Crippen molar-refractivity contribution in [2.45, 2.75) is 20.4 Å². The summed E-state index contributed by atoms with van der Waals surface area (Å²) in [5.41, 5.74) is 0.371. The van der Waals surface area contributed by atoms with Gasteiger partial charge in [-0.25, -0.2) is 0 Å². The number of ether oxygens (including phenoxy) is 1. The fourth-order valence-corrected chi connectivity index (χ4v) is 2.09. The topological polar surface area (TPSA) is 67.4 Å². The second kappa shape index (κ2) is 7.64. The van der Waals surface area contributed by atoms with Crippen LogP contribution in [-0.2, 0) is 16.1 Å². The van der Waals surface area contributed by atoms with Crippen LogP contribution in [-0.4, -0.2) is 18.9 Å². The molecule has 0 saturated heterocycles. The molecule has 2 amide bonds. The van der Waals surface area contributed by atoms with E-state index in [4.69, 9.17) is 4.74 Å². The number of benzene rings is 2. The van der Waals surface area contributed by atoms with Crippen LogP contribution in [0.25, 0.3) is 0 Å². The molecule has 126 valence electrons. The molecule has 0 saturated carbocycles. The van der Waals surface area contributed by atoms with Gasteiger partial charge < -0.3 is 15.4 Å². The number of hydrogen-bond donors (Lipinski definition) is 2. The molecule has 2 rings (SSSR count). The molecule has 5 nitrogen and oxygen atoms in total. The summed E-state index contributed by atoms with van der Waals surface area (Å²) < 4.78 is 5.13. The molecule has 0 aliphatic rings. The largest absolute Gasteiger partial charge is 0.497 e. The molecule has 0 aliphatic heterocycles. The van der Waals surface area contributed by atoms with E-state index >= 15 is 0 Å². The van der Waals surface area contributed by atoms with E-state index < -0.39 is 5.41 Å². The Morgan fingerprint density at radius 1 is 1.00 bits per heavy atom. The molecule has 0 heterocycles. The number of methoxy groups -OCH3 is 1. The number of nitrogens with one attached hydrogen (secondary N) is 2.